The maximum atomic E-state index is 12.9. The van der Waals surface area contributed by atoms with E-state index >= 15 is 0 Å². The SMILES string of the molecule is COc1ccnc(C[S@@](=O)c2nc3cc(OC(F)F)ccc3n2C)c1OC. The number of nitrogens with zero attached hydrogens (tertiary/aromatic N) is 3. The number of methoxy groups -OCH3 is 2. The van der Waals surface area contributed by atoms with Crippen LogP contribution in [0, 0.1) is 0 Å². The Morgan fingerprint density at radius 1 is 1.22 bits per heavy atom. The van der Waals surface area contributed by atoms with Crippen LogP contribution in [0.15, 0.2) is 35.6 Å². The Hall–Kier alpha value is -2.75. The first-order chi connectivity index (χ1) is 12.9. The van der Waals surface area contributed by atoms with E-state index in [-0.39, 0.29) is 16.7 Å². The van der Waals surface area contributed by atoms with E-state index in [1.54, 1.807) is 23.7 Å². The molecule has 3 aromatic rings. The Morgan fingerprint density at radius 3 is 2.67 bits per heavy atom. The third kappa shape index (κ3) is 3.85. The van der Waals surface area contributed by atoms with Crippen LogP contribution in [0.5, 0.6) is 17.2 Å². The maximum Gasteiger partial charge on any atom is 0.387 e. The van der Waals surface area contributed by atoms with Crippen molar-refractivity contribution in [2.24, 2.45) is 7.05 Å². The van der Waals surface area contributed by atoms with Gasteiger partial charge in [-0.25, -0.2) is 4.98 Å². The molecule has 0 aliphatic rings. The molecule has 0 bridgehead atoms. The summed E-state index contributed by atoms with van der Waals surface area (Å²) in [4.78, 5) is 8.53. The van der Waals surface area contributed by atoms with Crippen molar-refractivity contribution in [3.8, 4) is 17.2 Å². The summed E-state index contributed by atoms with van der Waals surface area (Å²) < 4.78 is 54.2. The summed E-state index contributed by atoms with van der Waals surface area (Å²) in [5, 5.41) is 0.283. The fourth-order valence-electron chi connectivity index (χ4n) is 2.68. The van der Waals surface area contributed by atoms with E-state index in [1.807, 2.05) is 0 Å². The van der Waals surface area contributed by atoms with Crippen molar-refractivity contribution in [1.29, 1.82) is 0 Å². The molecule has 0 aliphatic carbocycles. The second kappa shape index (κ2) is 7.87. The molecule has 10 heteroatoms. The summed E-state index contributed by atoms with van der Waals surface area (Å²) in [5.74, 6) is 0.930. The lowest BCUT2D eigenvalue weighted by Crippen LogP contribution is -2.07. The van der Waals surface area contributed by atoms with Crippen LogP contribution in [0.1, 0.15) is 5.69 Å². The Morgan fingerprint density at radius 2 is 2.00 bits per heavy atom. The number of rotatable bonds is 7. The van der Waals surface area contributed by atoms with Gasteiger partial charge in [-0.15, -0.1) is 0 Å². The van der Waals surface area contributed by atoms with Crippen LogP contribution in [-0.4, -0.2) is 39.6 Å². The number of aromatic nitrogens is 3. The monoisotopic (exact) mass is 397 g/mol. The quantitative estimate of drug-likeness (QED) is 0.610. The summed E-state index contributed by atoms with van der Waals surface area (Å²) in [6.45, 7) is -2.92. The number of hydrogen-bond donors (Lipinski definition) is 0. The highest BCUT2D eigenvalue weighted by molar-refractivity contribution is 7.84. The average molecular weight is 397 g/mol. The van der Waals surface area contributed by atoms with E-state index in [0.29, 0.717) is 28.2 Å². The van der Waals surface area contributed by atoms with Gasteiger partial charge in [0.05, 0.1) is 47.5 Å². The number of halogens is 2. The second-order valence-electron chi connectivity index (χ2n) is 5.47. The standard InChI is InChI=1S/C17H17F2N3O4S/c1-22-13-5-4-10(26-16(18)19)8-11(13)21-17(22)27(23)9-12-15(25-3)14(24-2)6-7-20-12/h4-8,16H,9H2,1-3H3/t27-/m1/s1. The fraction of sp³-hybridized carbons (Fsp3) is 0.294. The number of benzene rings is 1. The molecule has 7 nitrogen and oxygen atoms in total. The molecular formula is C17H17F2N3O4S. The molecule has 0 radical (unpaired) electrons. The van der Waals surface area contributed by atoms with Crippen molar-refractivity contribution in [2.75, 3.05) is 14.2 Å². The van der Waals surface area contributed by atoms with Crippen LogP contribution in [0.2, 0.25) is 0 Å². The molecular weight excluding hydrogens is 380 g/mol. The van der Waals surface area contributed by atoms with Gasteiger partial charge in [0.1, 0.15) is 5.75 Å². The van der Waals surface area contributed by atoms with Crippen molar-refractivity contribution < 1.29 is 27.2 Å². The smallest absolute Gasteiger partial charge is 0.387 e. The molecule has 0 aliphatic heterocycles. The third-order valence-electron chi connectivity index (χ3n) is 3.87. The first-order valence-corrected chi connectivity index (χ1v) is 9.12. The topological polar surface area (TPSA) is 75.5 Å². The van der Waals surface area contributed by atoms with Gasteiger partial charge in [0.2, 0.25) is 0 Å². The van der Waals surface area contributed by atoms with Crippen LogP contribution in [0.25, 0.3) is 11.0 Å². The van der Waals surface area contributed by atoms with E-state index in [2.05, 4.69) is 14.7 Å². The van der Waals surface area contributed by atoms with Crippen LogP contribution in [0.3, 0.4) is 0 Å². The number of alkyl halides is 2. The Kier molecular flexibility index (Phi) is 5.54. The Labute approximate surface area is 156 Å². The van der Waals surface area contributed by atoms with Crippen molar-refractivity contribution in [3.05, 3.63) is 36.2 Å². The van der Waals surface area contributed by atoms with Gasteiger partial charge in [0.25, 0.3) is 0 Å². The van der Waals surface area contributed by atoms with Crippen molar-refractivity contribution in [2.45, 2.75) is 17.5 Å². The normalized spacial score (nSPS) is 12.4. The maximum absolute atomic E-state index is 12.9. The van der Waals surface area contributed by atoms with Gasteiger partial charge in [-0.3, -0.25) is 9.19 Å². The highest BCUT2D eigenvalue weighted by atomic mass is 32.2. The van der Waals surface area contributed by atoms with E-state index in [0.717, 1.165) is 0 Å². The third-order valence-corrected chi connectivity index (χ3v) is 5.18. The van der Waals surface area contributed by atoms with Crippen molar-refractivity contribution in [3.63, 3.8) is 0 Å². The minimum absolute atomic E-state index is 0.0101. The molecule has 0 unspecified atom stereocenters. The van der Waals surface area contributed by atoms with Crippen molar-refractivity contribution >= 4 is 21.8 Å². The Balaban J connectivity index is 1.93. The highest BCUT2D eigenvalue weighted by Gasteiger charge is 2.19. The number of pyridine rings is 1. The van der Waals surface area contributed by atoms with E-state index < -0.39 is 17.4 Å². The lowest BCUT2D eigenvalue weighted by atomic mass is 10.3. The van der Waals surface area contributed by atoms with Crippen LogP contribution >= 0.6 is 0 Å². The van der Waals surface area contributed by atoms with Gasteiger partial charge in [0, 0.05) is 25.4 Å². The molecule has 1 atom stereocenters. The molecule has 0 saturated heterocycles. The minimum Gasteiger partial charge on any atom is -0.493 e. The summed E-state index contributed by atoms with van der Waals surface area (Å²) in [6, 6.07) is 6.03. The fourth-order valence-corrected chi connectivity index (χ4v) is 3.87. The number of fused-ring (bicyclic) bond motifs is 1. The lowest BCUT2D eigenvalue weighted by Gasteiger charge is -2.11. The molecule has 0 fully saturated rings. The summed E-state index contributed by atoms with van der Waals surface area (Å²) in [6.07, 6.45) is 1.54. The van der Waals surface area contributed by atoms with Crippen molar-refractivity contribution in [1.82, 2.24) is 14.5 Å². The average Bonchev–Trinajstić information content (AvgIpc) is 2.97. The van der Waals surface area contributed by atoms with Crippen LogP contribution in [-0.2, 0) is 23.6 Å². The zero-order valence-electron chi connectivity index (χ0n) is 14.8. The van der Waals surface area contributed by atoms with Crippen LogP contribution < -0.4 is 14.2 Å². The zero-order valence-corrected chi connectivity index (χ0v) is 15.6. The van der Waals surface area contributed by atoms with Gasteiger partial charge in [-0.1, -0.05) is 0 Å². The van der Waals surface area contributed by atoms with Crippen LogP contribution in [0.4, 0.5) is 8.78 Å². The second-order valence-corrected chi connectivity index (χ2v) is 6.81. The summed E-state index contributed by atoms with van der Waals surface area (Å²) in [5.41, 5.74) is 1.51. The number of aryl methyl sites for hydroxylation is 1. The molecule has 0 amide bonds. The number of imidazole rings is 1. The molecule has 0 saturated carbocycles. The lowest BCUT2D eigenvalue weighted by molar-refractivity contribution is -0.0497. The molecule has 144 valence electrons. The zero-order chi connectivity index (χ0) is 19.6. The summed E-state index contributed by atoms with van der Waals surface area (Å²) in [7, 11) is 3.13. The Bertz CT molecular complexity index is 994. The number of ether oxygens (including phenoxy) is 3. The molecule has 0 N–H and O–H groups in total. The van der Waals surface area contributed by atoms with Gasteiger partial charge >= 0.3 is 6.61 Å². The molecule has 2 aromatic heterocycles. The largest absolute Gasteiger partial charge is 0.493 e. The predicted octanol–water partition coefficient (Wildman–Crippen LogP) is 2.89. The summed E-state index contributed by atoms with van der Waals surface area (Å²) >= 11 is 0. The molecule has 2 heterocycles. The molecule has 0 spiro atoms. The van der Waals surface area contributed by atoms with Gasteiger partial charge in [-0.05, 0) is 12.1 Å². The van der Waals surface area contributed by atoms with Gasteiger partial charge < -0.3 is 18.8 Å². The predicted molar refractivity (Wildman–Crippen MR) is 94.8 cm³/mol. The van der Waals surface area contributed by atoms with E-state index in [1.165, 1.54) is 32.5 Å². The molecule has 27 heavy (non-hydrogen) atoms. The van der Waals surface area contributed by atoms with E-state index in [9.17, 15) is 13.0 Å². The molecule has 1 aromatic carbocycles. The van der Waals surface area contributed by atoms with E-state index in [4.69, 9.17) is 9.47 Å². The van der Waals surface area contributed by atoms with Gasteiger partial charge in [0.15, 0.2) is 16.7 Å². The number of hydrogen-bond acceptors (Lipinski definition) is 6. The minimum atomic E-state index is -2.92. The first kappa shape index (κ1) is 19.0. The van der Waals surface area contributed by atoms with Gasteiger partial charge in [-0.2, -0.15) is 8.78 Å². The highest BCUT2D eigenvalue weighted by Crippen LogP contribution is 2.31. The molecule has 3 rings (SSSR count). The first-order valence-electron chi connectivity index (χ1n) is 7.80.